The predicted octanol–water partition coefficient (Wildman–Crippen LogP) is 2.33. The summed E-state index contributed by atoms with van der Waals surface area (Å²) in [5.74, 6) is -0.0539. The summed E-state index contributed by atoms with van der Waals surface area (Å²) in [6, 6.07) is 0.481. The largest absolute Gasteiger partial charge is 0.337 e. The van der Waals surface area contributed by atoms with Gasteiger partial charge in [0, 0.05) is 36.5 Å². The van der Waals surface area contributed by atoms with Crippen LogP contribution in [0.3, 0.4) is 0 Å². The Labute approximate surface area is 159 Å². The Bertz CT molecular complexity index is 553. The van der Waals surface area contributed by atoms with Crippen molar-refractivity contribution in [3.63, 3.8) is 0 Å². The van der Waals surface area contributed by atoms with E-state index in [4.69, 9.17) is 0 Å². The molecule has 24 heavy (non-hydrogen) atoms. The first-order valence-corrected chi connectivity index (χ1v) is 8.54. The van der Waals surface area contributed by atoms with Crippen molar-refractivity contribution in [2.75, 3.05) is 18.4 Å². The lowest BCUT2D eigenvalue weighted by atomic mass is 10.1. The van der Waals surface area contributed by atoms with E-state index in [1.54, 1.807) is 0 Å². The lowest BCUT2D eigenvalue weighted by Gasteiger charge is -2.38. The quantitative estimate of drug-likeness (QED) is 0.818. The van der Waals surface area contributed by atoms with Gasteiger partial charge in [-0.15, -0.1) is 36.2 Å². The van der Waals surface area contributed by atoms with Crippen LogP contribution in [0.5, 0.6) is 0 Å². The van der Waals surface area contributed by atoms with Crippen molar-refractivity contribution in [3.05, 3.63) is 11.1 Å². The molecule has 1 aromatic rings. The van der Waals surface area contributed by atoms with Gasteiger partial charge in [0.25, 0.3) is 0 Å². The SMILES string of the molecule is CC(C)C(=O)Nc1nc(CC(=O)N2CCNC(C)C2C)cs1.Cl.Cl. The number of nitrogens with one attached hydrogen (secondary N) is 2. The summed E-state index contributed by atoms with van der Waals surface area (Å²) in [4.78, 5) is 30.3. The van der Waals surface area contributed by atoms with Crippen molar-refractivity contribution < 1.29 is 9.59 Å². The third-order valence-electron chi connectivity index (χ3n) is 3.99. The van der Waals surface area contributed by atoms with Crippen molar-refractivity contribution in [3.8, 4) is 0 Å². The second-order valence-electron chi connectivity index (χ2n) is 6.04. The van der Waals surface area contributed by atoms with Gasteiger partial charge in [0.2, 0.25) is 11.8 Å². The first-order chi connectivity index (χ1) is 10.4. The summed E-state index contributed by atoms with van der Waals surface area (Å²) in [5.41, 5.74) is 0.715. The fourth-order valence-electron chi connectivity index (χ4n) is 2.36. The average molecular weight is 397 g/mol. The second kappa shape index (κ2) is 10.2. The minimum Gasteiger partial charge on any atom is -0.337 e. The molecule has 1 saturated heterocycles. The maximum atomic E-state index is 12.4. The van der Waals surface area contributed by atoms with Crippen molar-refractivity contribution in [1.82, 2.24) is 15.2 Å². The smallest absolute Gasteiger partial charge is 0.228 e. The van der Waals surface area contributed by atoms with Crippen molar-refractivity contribution >= 4 is 53.1 Å². The van der Waals surface area contributed by atoms with Crippen molar-refractivity contribution in [2.45, 2.75) is 46.2 Å². The number of thiazole rings is 1. The molecule has 2 rings (SSSR count). The third kappa shape index (κ3) is 5.88. The molecule has 2 heterocycles. The van der Waals surface area contributed by atoms with E-state index in [1.807, 2.05) is 24.1 Å². The molecule has 1 aliphatic rings. The van der Waals surface area contributed by atoms with Crippen LogP contribution in [0, 0.1) is 5.92 Å². The van der Waals surface area contributed by atoms with Crippen LogP contribution in [0.2, 0.25) is 0 Å². The maximum Gasteiger partial charge on any atom is 0.228 e. The molecule has 2 N–H and O–H groups in total. The predicted molar refractivity (Wildman–Crippen MR) is 102 cm³/mol. The first-order valence-electron chi connectivity index (χ1n) is 7.66. The van der Waals surface area contributed by atoms with E-state index in [0.29, 0.717) is 16.9 Å². The lowest BCUT2D eigenvalue weighted by Crippen LogP contribution is -2.57. The van der Waals surface area contributed by atoms with E-state index in [-0.39, 0.29) is 55.0 Å². The number of aromatic nitrogens is 1. The topological polar surface area (TPSA) is 74.3 Å². The fourth-order valence-corrected chi connectivity index (χ4v) is 3.07. The van der Waals surface area contributed by atoms with Crippen molar-refractivity contribution in [2.24, 2.45) is 5.92 Å². The highest BCUT2D eigenvalue weighted by Crippen LogP contribution is 2.18. The van der Waals surface area contributed by atoms with Gasteiger partial charge in [-0.3, -0.25) is 9.59 Å². The van der Waals surface area contributed by atoms with Crippen LogP contribution in [-0.4, -0.2) is 46.9 Å². The highest BCUT2D eigenvalue weighted by atomic mass is 35.5. The standard InChI is InChI=1S/C15H24N4O2S.2ClH/c1-9(2)14(21)18-15-17-12(8-22-15)7-13(20)19-6-5-16-10(3)11(19)4;;/h8-11,16H,5-7H2,1-4H3,(H,17,18,21);2*1H. The van der Waals surface area contributed by atoms with Crippen LogP contribution in [0.15, 0.2) is 5.38 Å². The summed E-state index contributed by atoms with van der Waals surface area (Å²) in [5, 5.41) is 8.52. The second-order valence-corrected chi connectivity index (χ2v) is 6.89. The van der Waals surface area contributed by atoms with E-state index in [2.05, 4.69) is 29.5 Å². The number of halogens is 2. The molecule has 138 valence electrons. The lowest BCUT2D eigenvalue weighted by molar-refractivity contribution is -0.134. The zero-order valence-electron chi connectivity index (χ0n) is 14.4. The summed E-state index contributed by atoms with van der Waals surface area (Å²) in [6.45, 7) is 9.37. The molecule has 1 aliphatic heterocycles. The van der Waals surface area contributed by atoms with Gasteiger partial charge in [0.1, 0.15) is 0 Å². The molecule has 0 spiro atoms. The van der Waals surface area contributed by atoms with Gasteiger partial charge in [-0.2, -0.15) is 0 Å². The van der Waals surface area contributed by atoms with Gasteiger partial charge in [-0.05, 0) is 13.8 Å². The van der Waals surface area contributed by atoms with E-state index in [1.165, 1.54) is 11.3 Å². The van der Waals surface area contributed by atoms with Crippen LogP contribution in [0.4, 0.5) is 5.13 Å². The van der Waals surface area contributed by atoms with E-state index in [0.717, 1.165) is 13.1 Å². The molecule has 2 unspecified atom stereocenters. The molecule has 0 aliphatic carbocycles. The monoisotopic (exact) mass is 396 g/mol. The molecule has 0 aromatic carbocycles. The van der Waals surface area contributed by atoms with Crippen LogP contribution >= 0.6 is 36.2 Å². The van der Waals surface area contributed by atoms with E-state index < -0.39 is 0 Å². The molecule has 0 bridgehead atoms. The van der Waals surface area contributed by atoms with Crippen LogP contribution in [-0.2, 0) is 16.0 Å². The molecule has 0 saturated carbocycles. The van der Waals surface area contributed by atoms with E-state index >= 15 is 0 Å². The Morgan fingerprint density at radius 2 is 2.08 bits per heavy atom. The molecule has 1 aromatic heterocycles. The number of carbonyl (C=O) groups excluding carboxylic acids is 2. The maximum absolute atomic E-state index is 12.4. The Morgan fingerprint density at radius 3 is 2.71 bits per heavy atom. The average Bonchev–Trinajstić information content (AvgIpc) is 2.88. The minimum absolute atomic E-state index is 0. The molecule has 6 nitrogen and oxygen atoms in total. The number of hydrogen-bond acceptors (Lipinski definition) is 5. The highest BCUT2D eigenvalue weighted by molar-refractivity contribution is 7.13. The van der Waals surface area contributed by atoms with E-state index in [9.17, 15) is 9.59 Å². The van der Waals surface area contributed by atoms with Gasteiger partial charge in [-0.1, -0.05) is 13.8 Å². The zero-order chi connectivity index (χ0) is 16.3. The molecule has 2 amide bonds. The highest BCUT2D eigenvalue weighted by Gasteiger charge is 2.28. The number of hydrogen-bond donors (Lipinski definition) is 2. The normalized spacial score (nSPS) is 20.1. The summed E-state index contributed by atoms with van der Waals surface area (Å²) in [7, 11) is 0. The molecule has 0 radical (unpaired) electrons. The molecule has 9 heteroatoms. The number of rotatable bonds is 4. The van der Waals surface area contributed by atoms with Crippen LogP contribution in [0.25, 0.3) is 0 Å². The summed E-state index contributed by atoms with van der Waals surface area (Å²) in [6.07, 6.45) is 0.283. The van der Waals surface area contributed by atoms with Crippen molar-refractivity contribution in [1.29, 1.82) is 0 Å². The van der Waals surface area contributed by atoms with Gasteiger partial charge in [0.15, 0.2) is 5.13 Å². The molecule has 2 atom stereocenters. The number of carbonyl (C=O) groups is 2. The van der Waals surface area contributed by atoms with Gasteiger partial charge in [0.05, 0.1) is 12.1 Å². The molecular formula is C15H26Cl2N4O2S. The van der Waals surface area contributed by atoms with Gasteiger partial charge < -0.3 is 15.5 Å². The molecule has 1 fully saturated rings. The molecular weight excluding hydrogens is 371 g/mol. The Morgan fingerprint density at radius 1 is 1.42 bits per heavy atom. The summed E-state index contributed by atoms with van der Waals surface area (Å²) < 4.78 is 0. The Kier molecular flexibility index (Phi) is 9.80. The third-order valence-corrected chi connectivity index (χ3v) is 4.80. The first kappa shape index (κ1) is 23.1. The fraction of sp³-hybridized carbons (Fsp3) is 0.667. The number of nitrogens with zero attached hydrogens (tertiary/aromatic N) is 2. The van der Waals surface area contributed by atoms with Crippen LogP contribution in [0.1, 0.15) is 33.4 Å². The van der Waals surface area contributed by atoms with Crippen LogP contribution < -0.4 is 10.6 Å². The summed E-state index contributed by atoms with van der Waals surface area (Å²) >= 11 is 1.36. The zero-order valence-corrected chi connectivity index (χ0v) is 16.8. The minimum atomic E-state index is -0.0860. The number of piperazine rings is 1. The Balaban J connectivity index is 0.00000264. The Hall–Kier alpha value is -0.890. The number of anilines is 1. The van der Waals surface area contributed by atoms with Gasteiger partial charge in [-0.25, -0.2) is 4.98 Å². The number of amides is 2. The van der Waals surface area contributed by atoms with Gasteiger partial charge >= 0.3 is 0 Å².